The molecule has 0 saturated heterocycles. The van der Waals surface area contributed by atoms with Gasteiger partial charge in [0.2, 0.25) is 0 Å². The Labute approximate surface area is 172 Å². The number of aromatic nitrogens is 2. The van der Waals surface area contributed by atoms with Crippen molar-refractivity contribution in [3.8, 4) is 17.6 Å². The predicted molar refractivity (Wildman–Crippen MR) is 109 cm³/mol. The molecule has 0 radical (unpaired) electrons. The number of ether oxygens (including phenoxy) is 1. The molecule has 156 valence electrons. The zero-order valence-electron chi connectivity index (χ0n) is 16.4. The lowest BCUT2D eigenvalue weighted by Crippen LogP contribution is -2.32. The molecule has 9 nitrogen and oxygen atoms in total. The number of aryl methyl sites for hydroxylation is 1. The normalized spacial score (nSPS) is 11.5. The molecule has 2 aromatic carbocycles. The van der Waals surface area contributed by atoms with Gasteiger partial charge in [-0.05, 0) is 30.3 Å². The summed E-state index contributed by atoms with van der Waals surface area (Å²) in [7, 11) is -1.04. The maximum atomic E-state index is 14.5. The van der Waals surface area contributed by atoms with Gasteiger partial charge in [-0.2, -0.15) is 18.0 Å². The van der Waals surface area contributed by atoms with Crippen LogP contribution in [0, 0.1) is 17.1 Å². The Hall–Kier alpha value is -3.49. The van der Waals surface area contributed by atoms with Gasteiger partial charge in [0.15, 0.2) is 11.6 Å². The topological polar surface area (TPSA) is 117 Å². The quantitative estimate of drug-likeness (QED) is 0.640. The van der Waals surface area contributed by atoms with Gasteiger partial charge in [0.1, 0.15) is 17.4 Å². The number of anilines is 1. The van der Waals surface area contributed by atoms with Gasteiger partial charge in [-0.3, -0.25) is 9.52 Å². The molecule has 0 aliphatic carbocycles. The monoisotopic (exact) mass is 431 g/mol. The first kappa shape index (κ1) is 21.2. The molecule has 11 heteroatoms. The second-order valence-electron chi connectivity index (χ2n) is 6.37. The fraction of sp³-hybridized carbons (Fsp3) is 0.211. The molecule has 3 rings (SSSR count). The molecule has 0 aliphatic heterocycles. The van der Waals surface area contributed by atoms with Gasteiger partial charge < -0.3 is 9.30 Å². The number of nitriles is 1. The van der Waals surface area contributed by atoms with Crippen LogP contribution in [0.15, 0.2) is 41.5 Å². The van der Waals surface area contributed by atoms with Gasteiger partial charge in [-0.15, -0.1) is 0 Å². The minimum Gasteiger partial charge on any atom is -0.453 e. The summed E-state index contributed by atoms with van der Waals surface area (Å²) in [5.41, 5.74) is -0.360. The number of hydrogen-bond donors (Lipinski definition) is 1. The number of rotatable bonds is 6. The number of fused-ring (bicyclic) bond motifs is 1. The standard InChI is InChI=1S/C19H18FN5O4S/c1-4-25(3)30(27,28)23-17-8-6-15(20)18(14(17)10-21)29-12-5-7-16-13(9-12)19(26)24(2)11-22-16/h5-9,11,23H,4H2,1-3H3. The van der Waals surface area contributed by atoms with Crippen LogP contribution in [-0.4, -0.2) is 35.9 Å². The average Bonchev–Trinajstić information content (AvgIpc) is 2.72. The summed E-state index contributed by atoms with van der Waals surface area (Å²) in [5, 5.41) is 9.79. The lowest BCUT2D eigenvalue weighted by atomic mass is 10.1. The van der Waals surface area contributed by atoms with E-state index in [9.17, 15) is 22.9 Å². The predicted octanol–water partition coefficient (Wildman–Crippen LogP) is 2.34. The van der Waals surface area contributed by atoms with Gasteiger partial charge in [0, 0.05) is 20.6 Å². The van der Waals surface area contributed by atoms with Crippen LogP contribution >= 0.6 is 0 Å². The zero-order valence-corrected chi connectivity index (χ0v) is 17.2. The largest absolute Gasteiger partial charge is 0.453 e. The smallest absolute Gasteiger partial charge is 0.301 e. The van der Waals surface area contributed by atoms with E-state index in [1.807, 2.05) is 0 Å². The molecule has 1 aromatic heterocycles. The molecule has 0 saturated carbocycles. The summed E-state index contributed by atoms with van der Waals surface area (Å²) in [6, 6.07) is 8.28. The highest BCUT2D eigenvalue weighted by Crippen LogP contribution is 2.34. The van der Waals surface area contributed by atoms with E-state index < -0.39 is 21.8 Å². The molecule has 1 N–H and O–H groups in total. The molecule has 0 aliphatic rings. The SMILES string of the molecule is CCN(C)S(=O)(=O)Nc1ccc(F)c(Oc2ccc3ncn(C)c(=O)c3c2)c1C#N. The van der Waals surface area contributed by atoms with Crippen LogP contribution in [0.4, 0.5) is 10.1 Å². The second-order valence-corrected chi connectivity index (χ2v) is 8.15. The molecule has 0 fully saturated rings. The summed E-state index contributed by atoms with van der Waals surface area (Å²) in [4.78, 5) is 16.4. The highest BCUT2D eigenvalue weighted by Gasteiger charge is 2.22. The van der Waals surface area contributed by atoms with Crippen LogP contribution in [0.3, 0.4) is 0 Å². The van der Waals surface area contributed by atoms with E-state index in [4.69, 9.17) is 4.74 Å². The number of hydrogen-bond acceptors (Lipinski definition) is 6. The molecule has 0 atom stereocenters. The van der Waals surface area contributed by atoms with Crippen molar-refractivity contribution in [1.82, 2.24) is 13.9 Å². The third-order valence-corrected chi connectivity index (χ3v) is 5.98. The van der Waals surface area contributed by atoms with E-state index in [-0.39, 0.29) is 34.5 Å². The Kier molecular flexibility index (Phi) is 5.73. The van der Waals surface area contributed by atoms with Crippen LogP contribution in [0.25, 0.3) is 10.9 Å². The molecule has 3 aromatic rings. The van der Waals surface area contributed by atoms with E-state index in [0.29, 0.717) is 5.52 Å². The first-order valence-corrected chi connectivity index (χ1v) is 10.2. The van der Waals surface area contributed by atoms with Crippen LogP contribution in [0.5, 0.6) is 11.5 Å². The molecule has 30 heavy (non-hydrogen) atoms. The first-order chi connectivity index (χ1) is 14.2. The van der Waals surface area contributed by atoms with Crippen LogP contribution in [-0.2, 0) is 17.3 Å². The molecule has 0 spiro atoms. The van der Waals surface area contributed by atoms with Crippen molar-refractivity contribution in [2.24, 2.45) is 7.05 Å². The van der Waals surface area contributed by atoms with Crippen molar-refractivity contribution in [2.45, 2.75) is 6.92 Å². The molecular weight excluding hydrogens is 413 g/mol. The van der Waals surface area contributed by atoms with Crippen molar-refractivity contribution in [2.75, 3.05) is 18.3 Å². The minimum absolute atomic E-state index is 0.0914. The van der Waals surface area contributed by atoms with Crippen molar-refractivity contribution >= 4 is 26.8 Å². The van der Waals surface area contributed by atoms with Crippen LogP contribution < -0.4 is 15.0 Å². The van der Waals surface area contributed by atoms with Crippen molar-refractivity contribution < 1.29 is 17.5 Å². The van der Waals surface area contributed by atoms with Crippen molar-refractivity contribution in [3.05, 3.63) is 58.4 Å². The molecule has 1 heterocycles. The fourth-order valence-electron chi connectivity index (χ4n) is 2.61. The van der Waals surface area contributed by atoms with E-state index >= 15 is 0 Å². The maximum absolute atomic E-state index is 14.5. The molecule has 0 unspecified atom stereocenters. The Morgan fingerprint density at radius 2 is 2.07 bits per heavy atom. The number of nitrogens with zero attached hydrogens (tertiary/aromatic N) is 4. The Morgan fingerprint density at radius 3 is 2.73 bits per heavy atom. The lowest BCUT2D eigenvalue weighted by molar-refractivity contribution is 0.441. The van der Waals surface area contributed by atoms with Crippen LogP contribution in [0.1, 0.15) is 12.5 Å². The van der Waals surface area contributed by atoms with Gasteiger partial charge in [0.05, 0.1) is 22.9 Å². The summed E-state index contributed by atoms with van der Waals surface area (Å²) in [6.07, 6.45) is 1.38. The third-order valence-electron chi connectivity index (χ3n) is 4.42. The summed E-state index contributed by atoms with van der Waals surface area (Å²) < 4.78 is 49.2. The number of nitrogens with one attached hydrogen (secondary N) is 1. The lowest BCUT2D eigenvalue weighted by Gasteiger charge is -2.18. The van der Waals surface area contributed by atoms with Crippen molar-refractivity contribution in [1.29, 1.82) is 5.26 Å². The average molecular weight is 431 g/mol. The number of halogens is 1. The fourth-order valence-corrected chi connectivity index (χ4v) is 3.56. The van der Waals surface area contributed by atoms with Crippen molar-refractivity contribution in [3.63, 3.8) is 0 Å². The second kappa shape index (κ2) is 8.10. The van der Waals surface area contributed by atoms with E-state index in [2.05, 4.69) is 9.71 Å². The van der Waals surface area contributed by atoms with Gasteiger partial charge in [-0.1, -0.05) is 6.92 Å². The van der Waals surface area contributed by atoms with Crippen LogP contribution in [0.2, 0.25) is 0 Å². The third kappa shape index (κ3) is 3.96. The Bertz CT molecular complexity index is 1330. The maximum Gasteiger partial charge on any atom is 0.301 e. The molecular formula is C19H18FN5O4S. The van der Waals surface area contributed by atoms with Gasteiger partial charge >= 0.3 is 10.2 Å². The highest BCUT2D eigenvalue weighted by molar-refractivity contribution is 7.90. The van der Waals surface area contributed by atoms with E-state index in [1.165, 1.54) is 36.1 Å². The molecule has 0 bridgehead atoms. The summed E-state index contributed by atoms with van der Waals surface area (Å²) >= 11 is 0. The zero-order chi connectivity index (χ0) is 22.1. The van der Waals surface area contributed by atoms with E-state index in [1.54, 1.807) is 20.0 Å². The summed E-state index contributed by atoms with van der Waals surface area (Å²) in [5.74, 6) is -1.23. The van der Waals surface area contributed by atoms with Gasteiger partial charge in [0.25, 0.3) is 5.56 Å². The first-order valence-electron chi connectivity index (χ1n) is 8.78. The molecule has 0 amide bonds. The van der Waals surface area contributed by atoms with Gasteiger partial charge in [-0.25, -0.2) is 9.37 Å². The van der Waals surface area contributed by atoms with E-state index in [0.717, 1.165) is 16.4 Å². The Balaban J connectivity index is 2.07. The summed E-state index contributed by atoms with van der Waals surface area (Å²) in [6.45, 7) is 1.84. The minimum atomic E-state index is -3.94. The Morgan fingerprint density at radius 1 is 1.33 bits per heavy atom. The number of benzene rings is 2. The highest BCUT2D eigenvalue weighted by atomic mass is 32.2.